The Kier molecular flexibility index (Phi) is 4.46. The molecule has 0 spiro atoms. The minimum atomic E-state index is -0.559. The van der Waals surface area contributed by atoms with Gasteiger partial charge in [-0.2, -0.15) is 0 Å². The van der Waals surface area contributed by atoms with Crippen LogP contribution in [0, 0.1) is 0 Å². The van der Waals surface area contributed by atoms with Gasteiger partial charge in [-0.05, 0) is 38.1 Å². The fourth-order valence-electron chi connectivity index (χ4n) is 1.88. The van der Waals surface area contributed by atoms with Gasteiger partial charge in [-0.25, -0.2) is 0 Å². The van der Waals surface area contributed by atoms with Crippen molar-refractivity contribution in [1.29, 1.82) is 0 Å². The summed E-state index contributed by atoms with van der Waals surface area (Å²) < 4.78 is 5.78. The third kappa shape index (κ3) is 4.10. The zero-order valence-electron chi connectivity index (χ0n) is 11.6. The van der Waals surface area contributed by atoms with Crippen LogP contribution in [0.5, 0.6) is 11.5 Å². The molecule has 2 aromatic carbocycles. The van der Waals surface area contributed by atoms with Gasteiger partial charge in [0.15, 0.2) is 5.78 Å². The number of alkyl halides is 1. The summed E-state index contributed by atoms with van der Waals surface area (Å²) in [7, 11) is 0. The molecule has 0 aliphatic carbocycles. The lowest BCUT2D eigenvalue weighted by molar-refractivity contribution is 0.0970. The van der Waals surface area contributed by atoms with E-state index >= 15 is 0 Å². The van der Waals surface area contributed by atoms with E-state index in [1.54, 1.807) is 12.1 Å². The second kappa shape index (κ2) is 6.10. The van der Waals surface area contributed by atoms with Crippen LogP contribution in [0.25, 0.3) is 0 Å². The smallest absolute Gasteiger partial charge is 0.168 e. The molecule has 0 aliphatic heterocycles. The predicted octanol–water partition coefficient (Wildman–Crippen LogP) is 5.07. The van der Waals surface area contributed by atoms with Gasteiger partial charge in [-0.3, -0.25) is 4.79 Å². The van der Waals surface area contributed by atoms with Crippen LogP contribution < -0.4 is 4.74 Å². The lowest BCUT2D eigenvalue weighted by Gasteiger charge is -2.16. The highest BCUT2D eigenvalue weighted by molar-refractivity contribution is 6.25. The first-order valence-corrected chi connectivity index (χ1v) is 6.87. The Hall–Kier alpha value is -1.80. The lowest BCUT2D eigenvalue weighted by atomic mass is 10.00. The number of hydrogen-bond acceptors (Lipinski definition) is 2. The zero-order chi connectivity index (χ0) is 14.6. The van der Waals surface area contributed by atoms with Crippen molar-refractivity contribution in [3.05, 3.63) is 60.2 Å². The first-order chi connectivity index (χ1) is 9.46. The molecule has 2 rings (SSSR count). The molecule has 0 saturated heterocycles. The predicted molar refractivity (Wildman–Crippen MR) is 81.8 cm³/mol. The van der Waals surface area contributed by atoms with Crippen molar-refractivity contribution in [2.45, 2.75) is 25.1 Å². The maximum Gasteiger partial charge on any atom is 0.168 e. The Morgan fingerprint density at radius 1 is 1.05 bits per heavy atom. The van der Waals surface area contributed by atoms with Crippen molar-refractivity contribution in [3.8, 4) is 11.5 Å². The number of carbonyl (C=O) groups is 1. The van der Waals surface area contributed by atoms with Crippen molar-refractivity contribution in [2.24, 2.45) is 0 Å². The molecule has 0 saturated carbocycles. The maximum atomic E-state index is 12.3. The molecule has 20 heavy (non-hydrogen) atoms. The average Bonchev–Trinajstić information content (AvgIpc) is 2.38. The average molecular weight is 289 g/mol. The van der Waals surface area contributed by atoms with E-state index in [4.69, 9.17) is 16.3 Å². The van der Waals surface area contributed by atoms with E-state index in [2.05, 4.69) is 0 Å². The Morgan fingerprint density at radius 3 is 2.30 bits per heavy atom. The quantitative estimate of drug-likeness (QED) is 0.567. The topological polar surface area (TPSA) is 26.3 Å². The fourth-order valence-corrected chi connectivity index (χ4v) is 2.00. The number of ether oxygens (including phenoxy) is 1. The maximum absolute atomic E-state index is 12.3. The minimum absolute atomic E-state index is 0.0171. The van der Waals surface area contributed by atoms with Crippen LogP contribution in [0.15, 0.2) is 54.6 Å². The number of Topliss-reactive ketones (excluding diaryl/α,β-unsaturated/α-hetero) is 1. The standard InChI is InChI=1S/C17H17ClO2/c1-17(2,18)12-15(19)14-10-6-7-11-16(14)20-13-8-4-3-5-9-13/h3-11H,12H2,1-2H3. The summed E-state index contributed by atoms with van der Waals surface area (Å²) in [5.41, 5.74) is 0.560. The molecule has 0 unspecified atom stereocenters. The van der Waals surface area contributed by atoms with Gasteiger partial charge in [-0.1, -0.05) is 30.3 Å². The molecular formula is C17H17ClO2. The van der Waals surface area contributed by atoms with Gasteiger partial charge in [0.2, 0.25) is 0 Å². The summed E-state index contributed by atoms with van der Waals surface area (Å²) in [4.78, 5) is 11.7. The number of carbonyl (C=O) groups excluding carboxylic acids is 1. The van der Waals surface area contributed by atoms with E-state index in [9.17, 15) is 4.79 Å². The summed E-state index contributed by atoms with van der Waals surface area (Å²) in [6.45, 7) is 3.65. The van der Waals surface area contributed by atoms with E-state index in [1.165, 1.54) is 0 Å². The number of ketones is 1. The third-order valence-electron chi connectivity index (χ3n) is 2.74. The third-order valence-corrected chi connectivity index (χ3v) is 2.87. The van der Waals surface area contributed by atoms with E-state index in [1.807, 2.05) is 56.3 Å². The molecule has 104 valence electrons. The van der Waals surface area contributed by atoms with Crippen molar-refractivity contribution >= 4 is 17.4 Å². The largest absolute Gasteiger partial charge is 0.457 e. The molecule has 0 fully saturated rings. The molecule has 0 N–H and O–H groups in total. The summed E-state index contributed by atoms with van der Waals surface area (Å²) in [6, 6.07) is 16.6. The van der Waals surface area contributed by atoms with Crippen molar-refractivity contribution in [3.63, 3.8) is 0 Å². The van der Waals surface area contributed by atoms with Gasteiger partial charge < -0.3 is 4.74 Å². The first kappa shape index (κ1) is 14.6. The number of para-hydroxylation sites is 2. The molecule has 3 heteroatoms. The molecule has 0 bridgehead atoms. The number of hydrogen-bond donors (Lipinski definition) is 0. The number of halogens is 1. The van der Waals surface area contributed by atoms with Crippen LogP contribution in [-0.4, -0.2) is 10.7 Å². The van der Waals surface area contributed by atoms with Crippen molar-refractivity contribution < 1.29 is 9.53 Å². The van der Waals surface area contributed by atoms with Gasteiger partial charge in [0.25, 0.3) is 0 Å². The van der Waals surface area contributed by atoms with Crippen LogP contribution in [-0.2, 0) is 0 Å². The van der Waals surface area contributed by atoms with E-state index < -0.39 is 4.87 Å². The second-order valence-corrected chi connectivity index (χ2v) is 6.25. The molecule has 0 heterocycles. The fraction of sp³-hybridized carbons (Fsp3) is 0.235. The van der Waals surface area contributed by atoms with Crippen molar-refractivity contribution in [2.75, 3.05) is 0 Å². The summed E-state index contributed by atoms with van der Waals surface area (Å²) in [5.74, 6) is 1.25. The van der Waals surface area contributed by atoms with Gasteiger partial charge in [0.05, 0.1) is 5.56 Å². The first-order valence-electron chi connectivity index (χ1n) is 6.50. The molecule has 0 radical (unpaired) electrons. The zero-order valence-corrected chi connectivity index (χ0v) is 12.4. The Labute approximate surface area is 124 Å². The molecule has 0 atom stereocenters. The van der Waals surface area contributed by atoms with Crippen molar-refractivity contribution in [1.82, 2.24) is 0 Å². The normalized spacial score (nSPS) is 11.2. The molecule has 0 aliphatic rings. The van der Waals surface area contributed by atoms with Crippen LogP contribution in [0.2, 0.25) is 0 Å². The highest BCUT2D eigenvalue weighted by Crippen LogP contribution is 2.28. The molecular weight excluding hydrogens is 272 g/mol. The Bertz CT molecular complexity index is 585. The van der Waals surface area contributed by atoms with Gasteiger partial charge >= 0.3 is 0 Å². The Morgan fingerprint density at radius 2 is 1.65 bits per heavy atom. The summed E-state index contributed by atoms with van der Waals surface area (Å²) >= 11 is 6.13. The van der Waals surface area contributed by atoms with Gasteiger partial charge in [0.1, 0.15) is 11.5 Å². The van der Waals surface area contributed by atoms with Crippen LogP contribution in [0.3, 0.4) is 0 Å². The number of rotatable bonds is 5. The van der Waals surface area contributed by atoms with E-state index in [0.717, 1.165) is 0 Å². The SMILES string of the molecule is CC(C)(Cl)CC(=O)c1ccccc1Oc1ccccc1. The lowest BCUT2D eigenvalue weighted by Crippen LogP contribution is -2.17. The number of benzene rings is 2. The van der Waals surface area contributed by atoms with Gasteiger partial charge in [-0.15, -0.1) is 11.6 Å². The van der Waals surface area contributed by atoms with Crippen LogP contribution >= 0.6 is 11.6 Å². The second-order valence-electron chi connectivity index (χ2n) is 5.23. The van der Waals surface area contributed by atoms with E-state index in [0.29, 0.717) is 17.1 Å². The molecule has 0 amide bonds. The van der Waals surface area contributed by atoms with Crippen LogP contribution in [0.1, 0.15) is 30.6 Å². The minimum Gasteiger partial charge on any atom is -0.457 e. The molecule has 0 aromatic heterocycles. The Balaban J connectivity index is 2.25. The highest BCUT2D eigenvalue weighted by atomic mass is 35.5. The van der Waals surface area contributed by atoms with Gasteiger partial charge in [0, 0.05) is 11.3 Å². The van der Waals surface area contributed by atoms with E-state index in [-0.39, 0.29) is 12.2 Å². The van der Waals surface area contributed by atoms with Crippen LogP contribution in [0.4, 0.5) is 0 Å². The summed E-state index contributed by atoms with van der Waals surface area (Å²) in [5, 5.41) is 0. The summed E-state index contributed by atoms with van der Waals surface area (Å²) in [6.07, 6.45) is 0.268. The highest BCUT2D eigenvalue weighted by Gasteiger charge is 2.22. The monoisotopic (exact) mass is 288 g/mol. The molecule has 2 nitrogen and oxygen atoms in total. The molecule has 2 aromatic rings.